The standard InChI is InChI=1S/C16H14FN3O3/c1-10-13(7-8-22-10)16-20-19-15(23-16)6-5-14(21)18-12-4-2-3-11(17)9-12/h2-4,7-9H,5-6H2,1H3,(H,18,21). The van der Waals surface area contributed by atoms with Crippen LogP contribution in [-0.4, -0.2) is 16.1 Å². The molecule has 0 saturated heterocycles. The summed E-state index contributed by atoms with van der Waals surface area (Å²) in [5.41, 5.74) is 1.14. The molecule has 0 atom stereocenters. The van der Waals surface area contributed by atoms with E-state index in [4.69, 9.17) is 8.83 Å². The molecular weight excluding hydrogens is 301 g/mol. The van der Waals surface area contributed by atoms with E-state index in [9.17, 15) is 9.18 Å². The fourth-order valence-electron chi connectivity index (χ4n) is 2.08. The van der Waals surface area contributed by atoms with Crippen molar-refractivity contribution in [2.45, 2.75) is 19.8 Å². The second kappa shape index (κ2) is 6.43. The Morgan fingerprint density at radius 3 is 2.91 bits per heavy atom. The van der Waals surface area contributed by atoms with Gasteiger partial charge in [0.15, 0.2) is 0 Å². The molecule has 1 amide bonds. The van der Waals surface area contributed by atoms with E-state index in [0.717, 1.165) is 5.56 Å². The molecule has 1 N–H and O–H groups in total. The zero-order valence-electron chi connectivity index (χ0n) is 12.4. The van der Waals surface area contributed by atoms with Crippen LogP contribution in [0.1, 0.15) is 18.1 Å². The number of nitrogens with one attached hydrogen (secondary N) is 1. The van der Waals surface area contributed by atoms with Gasteiger partial charge < -0.3 is 14.2 Å². The van der Waals surface area contributed by atoms with Gasteiger partial charge in [0.1, 0.15) is 11.6 Å². The lowest BCUT2D eigenvalue weighted by Gasteiger charge is -2.03. The van der Waals surface area contributed by atoms with Crippen molar-refractivity contribution in [3.8, 4) is 11.5 Å². The van der Waals surface area contributed by atoms with Gasteiger partial charge in [-0.15, -0.1) is 10.2 Å². The topological polar surface area (TPSA) is 81.2 Å². The summed E-state index contributed by atoms with van der Waals surface area (Å²) in [5, 5.41) is 10.5. The Morgan fingerprint density at radius 2 is 2.17 bits per heavy atom. The van der Waals surface area contributed by atoms with Gasteiger partial charge in [0.25, 0.3) is 5.89 Å². The molecule has 23 heavy (non-hydrogen) atoms. The molecule has 0 radical (unpaired) electrons. The van der Waals surface area contributed by atoms with Gasteiger partial charge in [-0.25, -0.2) is 4.39 Å². The van der Waals surface area contributed by atoms with E-state index in [1.807, 2.05) is 0 Å². The van der Waals surface area contributed by atoms with Crippen LogP contribution in [-0.2, 0) is 11.2 Å². The van der Waals surface area contributed by atoms with Crippen LogP contribution in [0, 0.1) is 12.7 Å². The van der Waals surface area contributed by atoms with E-state index in [2.05, 4.69) is 15.5 Å². The molecule has 0 aliphatic rings. The van der Waals surface area contributed by atoms with E-state index >= 15 is 0 Å². The van der Waals surface area contributed by atoms with Gasteiger partial charge in [-0.1, -0.05) is 6.07 Å². The summed E-state index contributed by atoms with van der Waals surface area (Å²) in [5.74, 6) is 0.741. The van der Waals surface area contributed by atoms with Crippen LogP contribution >= 0.6 is 0 Å². The molecule has 3 aromatic rings. The fraction of sp³-hybridized carbons (Fsp3) is 0.188. The third kappa shape index (κ3) is 3.63. The third-order valence-electron chi connectivity index (χ3n) is 3.23. The van der Waals surface area contributed by atoms with Crippen molar-refractivity contribution in [3.63, 3.8) is 0 Å². The minimum absolute atomic E-state index is 0.155. The van der Waals surface area contributed by atoms with Crippen molar-refractivity contribution in [2.75, 3.05) is 5.32 Å². The number of nitrogens with zero attached hydrogens (tertiary/aromatic N) is 2. The van der Waals surface area contributed by atoms with Gasteiger partial charge in [-0.05, 0) is 31.2 Å². The van der Waals surface area contributed by atoms with Gasteiger partial charge in [-0.3, -0.25) is 4.79 Å². The third-order valence-corrected chi connectivity index (χ3v) is 3.23. The van der Waals surface area contributed by atoms with Crippen LogP contribution in [0.2, 0.25) is 0 Å². The van der Waals surface area contributed by atoms with Crippen molar-refractivity contribution in [3.05, 3.63) is 54.1 Å². The number of hydrogen-bond donors (Lipinski definition) is 1. The Kier molecular flexibility index (Phi) is 4.18. The first-order valence-corrected chi connectivity index (χ1v) is 7.04. The first kappa shape index (κ1) is 15.0. The first-order chi connectivity index (χ1) is 11.1. The Labute approximate surface area is 131 Å². The van der Waals surface area contributed by atoms with Crippen LogP contribution in [0.5, 0.6) is 0 Å². The second-order valence-corrected chi connectivity index (χ2v) is 4.95. The number of halogens is 1. The molecule has 0 unspecified atom stereocenters. The van der Waals surface area contributed by atoms with Crippen molar-refractivity contribution >= 4 is 11.6 Å². The molecule has 0 aliphatic heterocycles. The number of rotatable bonds is 5. The monoisotopic (exact) mass is 315 g/mol. The Morgan fingerprint density at radius 1 is 1.30 bits per heavy atom. The van der Waals surface area contributed by atoms with Crippen molar-refractivity contribution in [2.24, 2.45) is 0 Å². The largest absolute Gasteiger partial charge is 0.469 e. The van der Waals surface area contributed by atoms with Crippen LogP contribution in [0.15, 0.2) is 45.4 Å². The molecular formula is C16H14FN3O3. The maximum atomic E-state index is 13.0. The number of carbonyl (C=O) groups excluding carboxylic acids is 1. The maximum absolute atomic E-state index is 13.0. The lowest BCUT2D eigenvalue weighted by molar-refractivity contribution is -0.116. The summed E-state index contributed by atoms with van der Waals surface area (Å²) in [4.78, 5) is 11.8. The number of hydrogen-bond acceptors (Lipinski definition) is 5. The zero-order chi connectivity index (χ0) is 16.2. The molecule has 7 heteroatoms. The summed E-state index contributed by atoms with van der Waals surface area (Å²) in [6.07, 6.45) is 1.99. The SMILES string of the molecule is Cc1occc1-c1nnc(CCC(=O)Nc2cccc(F)c2)o1. The highest BCUT2D eigenvalue weighted by molar-refractivity contribution is 5.90. The summed E-state index contributed by atoms with van der Waals surface area (Å²) < 4.78 is 23.7. The van der Waals surface area contributed by atoms with Crippen LogP contribution in [0.25, 0.3) is 11.5 Å². The van der Waals surface area contributed by atoms with E-state index in [-0.39, 0.29) is 12.3 Å². The molecule has 2 aromatic heterocycles. The molecule has 0 fully saturated rings. The molecule has 0 aliphatic carbocycles. The van der Waals surface area contributed by atoms with E-state index in [0.29, 0.717) is 29.6 Å². The quantitative estimate of drug-likeness (QED) is 0.781. The van der Waals surface area contributed by atoms with Gasteiger partial charge in [0.05, 0.1) is 11.8 Å². The summed E-state index contributed by atoms with van der Waals surface area (Å²) in [6.45, 7) is 1.80. The minimum atomic E-state index is -0.403. The highest BCUT2D eigenvalue weighted by Crippen LogP contribution is 2.23. The van der Waals surface area contributed by atoms with Crippen molar-refractivity contribution in [1.82, 2.24) is 10.2 Å². The number of furan rings is 1. The van der Waals surface area contributed by atoms with Crippen molar-refractivity contribution in [1.29, 1.82) is 0 Å². The van der Waals surface area contributed by atoms with Gasteiger partial charge in [0, 0.05) is 18.5 Å². The maximum Gasteiger partial charge on any atom is 0.251 e. The fourth-order valence-corrected chi connectivity index (χ4v) is 2.08. The molecule has 0 bridgehead atoms. The number of aryl methyl sites for hydroxylation is 2. The molecule has 2 heterocycles. The molecule has 1 aromatic carbocycles. The Bertz CT molecular complexity index is 825. The average molecular weight is 315 g/mol. The Hall–Kier alpha value is -2.96. The van der Waals surface area contributed by atoms with Crippen LogP contribution < -0.4 is 5.32 Å². The van der Waals surface area contributed by atoms with E-state index < -0.39 is 5.82 Å². The lowest BCUT2D eigenvalue weighted by Crippen LogP contribution is -2.12. The smallest absolute Gasteiger partial charge is 0.251 e. The number of carbonyl (C=O) groups is 1. The van der Waals surface area contributed by atoms with Crippen LogP contribution in [0.3, 0.4) is 0 Å². The highest BCUT2D eigenvalue weighted by Gasteiger charge is 2.14. The molecule has 6 nitrogen and oxygen atoms in total. The van der Waals surface area contributed by atoms with Crippen LogP contribution in [0.4, 0.5) is 10.1 Å². The minimum Gasteiger partial charge on any atom is -0.469 e. The van der Waals surface area contributed by atoms with Crippen molar-refractivity contribution < 1.29 is 18.0 Å². The zero-order valence-corrected chi connectivity index (χ0v) is 12.4. The summed E-state index contributed by atoms with van der Waals surface area (Å²) in [7, 11) is 0. The van der Waals surface area contributed by atoms with Gasteiger partial charge >= 0.3 is 0 Å². The summed E-state index contributed by atoms with van der Waals surface area (Å²) >= 11 is 0. The second-order valence-electron chi connectivity index (χ2n) is 4.95. The highest BCUT2D eigenvalue weighted by atomic mass is 19.1. The van der Waals surface area contributed by atoms with E-state index in [1.165, 1.54) is 18.2 Å². The summed E-state index contributed by atoms with van der Waals surface area (Å²) in [6, 6.07) is 7.46. The lowest BCUT2D eigenvalue weighted by atomic mass is 10.2. The van der Waals surface area contributed by atoms with Gasteiger partial charge in [0.2, 0.25) is 11.8 Å². The van der Waals surface area contributed by atoms with E-state index in [1.54, 1.807) is 25.3 Å². The first-order valence-electron chi connectivity index (χ1n) is 7.04. The number of amides is 1. The number of anilines is 1. The predicted molar refractivity (Wildman–Crippen MR) is 80.1 cm³/mol. The van der Waals surface area contributed by atoms with Gasteiger partial charge in [-0.2, -0.15) is 0 Å². The molecule has 0 saturated carbocycles. The molecule has 0 spiro atoms. The number of aromatic nitrogens is 2. The average Bonchev–Trinajstić information content (AvgIpc) is 3.13. The normalized spacial score (nSPS) is 10.7. The predicted octanol–water partition coefficient (Wildman–Crippen LogP) is 3.35. The molecule has 118 valence electrons. The molecule has 3 rings (SSSR count). The number of benzene rings is 1. The Balaban J connectivity index is 1.57.